The topological polar surface area (TPSA) is 61.8 Å². The summed E-state index contributed by atoms with van der Waals surface area (Å²) in [7, 11) is 2.03. The van der Waals surface area contributed by atoms with E-state index in [0.29, 0.717) is 0 Å². The molecule has 1 aliphatic rings. The fourth-order valence-electron chi connectivity index (χ4n) is 2.70. The fraction of sp³-hybridized carbons (Fsp3) is 0.588. The first kappa shape index (κ1) is 16.8. The monoisotopic (exact) mass is 306 g/mol. The molecule has 1 heterocycles. The van der Waals surface area contributed by atoms with Gasteiger partial charge >= 0.3 is 0 Å². The third kappa shape index (κ3) is 5.31. The lowest BCUT2D eigenvalue weighted by Gasteiger charge is -2.29. The molecule has 122 valence electrons. The molecular formula is C17H26N2O3. The highest BCUT2D eigenvalue weighted by Gasteiger charge is 2.24. The number of nitrogens with one attached hydrogen (secondary N) is 1. The summed E-state index contributed by atoms with van der Waals surface area (Å²) < 4.78 is 5.53. The predicted octanol–water partition coefficient (Wildman–Crippen LogP) is 1.19. The maximum absolute atomic E-state index is 12.1. The molecule has 5 nitrogen and oxygen atoms in total. The summed E-state index contributed by atoms with van der Waals surface area (Å²) in [6, 6.07) is 7.68. The molecule has 2 rings (SSSR count). The number of ether oxygens (including phenoxy) is 1. The number of likely N-dealkylation sites (tertiary alicyclic amines) is 1. The summed E-state index contributed by atoms with van der Waals surface area (Å²) in [5, 5.41) is 12.8. The van der Waals surface area contributed by atoms with Gasteiger partial charge in [-0.3, -0.25) is 4.79 Å². The number of carbonyl (C=O) groups is 1. The van der Waals surface area contributed by atoms with E-state index in [9.17, 15) is 9.90 Å². The first-order chi connectivity index (χ1) is 10.5. The van der Waals surface area contributed by atoms with Crippen molar-refractivity contribution in [3.63, 3.8) is 0 Å². The van der Waals surface area contributed by atoms with Crippen LogP contribution in [0.1, 0.15) is 18.4 Å². The van der Waals surface area contributed by atoms with Gasteiger partial charge in [-0.1, -0.05) is 12.1 Å². The molecule has 1 amide bonds. The van der Waals surface area contributed by atoms with Gasteiger partial charge in [0.05, 0.1) is 5.92 Å². The van der Waals surface area contributed by atoms with E-state index in [-0.39, 0.29) is 25.0 Å². The molecule has 1 aromatic rings. The molecule has 0 saturated carbocycles. The van der Waals surface area contributed by atoms with Gasteiger partial charge in [0.25, 0.3) is 0 Å². The van der Waals surface area contributed by atoms with Crippen molar-refractivity contribution in [1.29, 1.82) is 0 Å². The van der Waals surface area contributed by atoms with E-state index in [1.54, 1.807) is 0 Å². The van der Waals surface area contributed by atoms with Gasteiger partial charge in [0, 0.05) is 13.1 Å². The van der Waals surface area contributed by atoms with Gasteiger partial charge in [0.1, 0.15) is 18.5 Å². The van der Waals surface area contributed by atoms with E-state index in [2.05, 4.69) is 10.2 Å². The van der Waals surface area contributed by atoms with Crippen LogP contribution in [0.2, 0.25) is 0 Å². The average molecular weight is 306 g/mol. The third-order valence-corrected chi connectivity index (χ3v) is 3.94. The molecule has 1 fully saturated rings. The van der Waals surface area contributed by atoms with Crippen molar-refractivity contribution in [2.45, 2.75) is 25.9 Å². The van der Waals surface area contributed by atoms with Gasteiger partial charge in [-0.2, -0.15) is 0 Å². The van der Waals surface area contributed by atoms with Gasteiger partial charge in [0.15, 0.2) is 0 Å². The number of hydrogen-bond donors (Lipinski definition) is 2. The quantitative estimate of drug-likeness (QED) is 0.829. The number of benzene rings is 1. The Bertz CT molecular complexity index is 493. The number of piperidine rings is 1. The van der Waals surface area contributed by atoms with Gasteiger partial charge in [-0.15, -0.1) is 0 Å². The highest BCUT2D eigenvalue weighted by Crippen LogP contribution is 2.15. The second-order valence-corrected chi connectivity index (χ2v) is 6.13. The second kappa shape index (κ2) is 8.15. The Hall–Kier alpha value is -1.59. The number of amides is 1. The summed E-state index contributed by atoms with van der Waals surface area (Å²) >= 11 is 0. The molecule has 0 bridgehead atoms. The molecule has 0 aliphatic carbocycles. The van der Waals surface area contributed by atoms with Crippen molar-refractivity contribution >= 4 is 5.91 Å². The largest absolute Gasteiger partial charge is 0.491 e. The smallest absolute Gasteiger partial charge is 0.224 e. The maximum Gasteiger partial charge on any atom is 0.224 e. The van der Waals surface area contributed by atoms with Crippen molar-refractivity contribution < 1.29 is 14.6 Å². The summed E-state index contributed by atoms with van der Waals surface area (Å²) in [5.41, 5.74) is 1.11. The standard InChI is InChI=1S/C17H26N2O3/c1-13-5-3-7-16(9-13)22-12-15(20)10-18-17(21)14-6-4-8-19(2)11-14/h3,5,7,9,14-15,20H,4,6,8,10-12H2,1-2H3,(H,18,21)/t14-,15+/m0/s1. The van der Waals surface area contributed by atoms with Crippen LogP contribution in [-0.2, 0) is 4.79 Å². The van der Waals surface area contributed by atoms with E-state index in [1.165, 1.54) is 0 Å². The zero-order valence-corrected chi connectivity index (χ0v) is 13.4. The van der Waals surface area contributed by atoms with Crippen LogP contribution in [0.25, 0.3) is 0 Å². The Morgan fingerprint density at radius 2 is 2.36 bits per heavy atom. The van der Waals surface area contributed by atoms with E-state index >= 15 is 0 Å². The van der Waals surface area contributed by atoms with Crippen molar-refractivity contribution in [1.82, 2.24) is 10.2 Å². The number of aliphatic hydroxyl groups excluding tert-OH is 1. The molecule has 0 aromatic heterocycles. The number of rotatable bonds is 6. The minimum absolute atomic E-state index is 0.0288. The predicted molar refractivity (Wildman–Crippen MR) is 85.9 cm³/mol. The third-order valence-electron chi connectivity index (χ3n) is 3.94. The molecule has 22 heavy (non-hydrogen) atoms. The van der Waals surface area contributed by atoms with Crippen LogP contribution in [0, 0.1) is 12.8 Å². The van der Waals surface area contributed by atoms with Crippen molar-refractivity contribution in [3.8, 4) is 5.75 Å². The van der Waals surface area contributed by atoms with Crippen LogP contribution in [0.4, 0.5) is 0 Å². The lowest BCUT2D eigenvalue weighted by Crippen LogP contribution is -2.44. The molecule has 1 aliphatic heterocycles. The number of nitrogens with zero attached hydrogens (tertiary/aromatic N) is 1. The minimum Gasteiger partial charge on any atom is -0.491 e. The van der Waals surface area contributed by atoms with E-state index in [4.69, 9.17) is 4.74 Å². The van der Waals surface area contributed by atoms with Gasteiger partial charge in [-0.05, 0) is 51.1 Å². The van der Waals surface area contributed by atoms with Crippen LogP contribution in [-0.4, -0.2) is 55.3 Å². The molecule has 0 unspecified atom stereocenters. The highest BCUT2D eigenvalue weighted by atomic mass is 16.5. The molecule has 5 heteroatoms. The number of aryl methyl sites for hydroxylation is 1. The summed E-state index contributed by atoms with van der Waals surface area (Å²) in [5.74, 6) is 0.795. The number of hydrogen-bond acceptors (Lipinski definition) is 4. The minimum atomic E-state index is -0.703. The maximum atomic E-state index is 12.1. The molecular weight excluding hydrogens is 280 g/mol. The van der Waals surface area contributed by atoms with Crippen molar-refractivity contribution in [2.24, 2.45) is 5.92 Å². The first-order valence-corrected chi connectivity index (χ1v) is 7.88. The molecule has 0 spiro atoms. The lowest BCUT2D eigenvalue weighted by molar-refractivity contribution is -0.127. The SMILES string of the molecule is Cc1cccc(OC[C@H](O)CNC(=O)[C@H]2CCCN(C)C2)c1. The summed E-state index contributed by atoms with van der Waals surface area (Å²) in [6.45, 7) is 4.24. The highest BCUT2D eigenvalue weighted by molar-refractivity contribution is 5.78. The summed E-state index contributed by atoms with van der Waals surface area (Å²) in [6.07, 6.45) is 1.27. The zero-order chi connectivity index (χ0) is 15.9. The van der Waals surface area contributed by atoms with Gasteiger partial charge < -0.3 is 20.1 Å². The normalized spacial score (nSPS) is 20.4. The molecule has 1 saturated heterocycles. The first-order valence-electron chi connectivity index (χ1n) is 7.88. The van der Waals surface area contributed by atoms with Crippen LogP contribution >= 0.6 is 0 Å². The average Bonchev–Trinajstić information content (AvgIpc) is 2.50. The Kier molecular flexibility index (Phi) is 6.21. The van der Waals surface area contributed by atoms with Crippen LogP contribution in [0.5, 0.6) is 5.75 Å². The van der Waals surface area contributed by atoms with E-state index in [0.717, 1.165) is 37.2 Å². The molecule has 0 radical (unpaired) electrons. The Morgan fingerprint density at radius 3 is 3.09 bits per heavy atom. The fourth-order valence-corrected chi connectivity index (χ4v) is 2.70. The zero-order valence-electron chi connectivity index (χ0n) is 13.4. The van der Waals surface area contributed by atoms with E-state index < -0.39 is 6.10 Å². The molecule has 2 N–H and O–H groups in total. The Balaban J connectivity index is 1.68. The number of aliphatic hydroxyl groups is 1. The van der Waals surface area contributed by atoms with Gasteiger partial charge in [-0.25, -0.2) is 0 Å². The Labute approximate surface area is 132 Å². The molecule has 1 aromatic carbocycles. The second-order valence-electron chi connectivity index (χ2n) is 6.13. The Morgan fingerprint density at radius 1 is 1.55 bits per heavy atom. The lowest BCUT2D eigenvalue weighted by atomic mass is 9.97. The van der Waals surface area contributed by atoms with Crippen molar-refractivity contribution in [2.75, 3.05) is 33.3 Å². The molecule has 2 atom stereocenters. The van der Waals surface area contributed by atoms with E-state index in [1.807, 2.05) is 38.2 Å². The van der Waals surface area contributed by atoms with Crippen LogP contribution in [0.15, 0.2) is 24.3 Å². The number of carbonyl (C=O) groups excluding carboxylic acids is 1. The van der Waals surface area contributed by atoms with Crippen molar-refractivity contribution in [3.05, 3.63) is 29.8 Å². The van der Waals surface area contributed by atoms with Gasteiger partial charge in [0.2, 0.25) is 5.91 Å². The van der Waals surface area contributed by atoms with Crippen LogP contribution in [0.3, 0.4) is 0 Å². The van der Waals surface area contributed by atoms with Crippen LogP contribution < -0.4 is 10.1 Å². The summed E-state index contributed by atoms with van der Waals surface area (Å²) in [4.78, 5) is 14.2.